The highest BCUT2D eigenvalue weighted by Gasteiger charge is 2.70. The molecule has 4 aromatic rings. The van der Waals surface area contributed by atoms with Gasteiger partial charge in [0.05, 0.1) is 16.9 Å². The van der Waals surface area contributed by atoms with E-state index in [4.69, 9.17) is 0 Å². The zero-order chi connectivity index (χ0) is 30.0. The van der Waals surface area contributed by atoms with Crippen LogP contribution in [0.5, 0.6) is 0 Å². The van der Waals surface area contributed by atoms with Crippen LogP contribution in [-0.2, 0) is 10.2 Å². The van der Waals surface area contributed by atoms with Crippen molar-refractivity contribution in [2.24, 2.45) is 5.92 Å². The molecule has 0 aliphatic carbocycles. The van der Waals surface area contributed by atoms with Gasteiger partial charge in [0.25, 0.3) is 5.69 Å². The van der Waals surface area contributed by atoms with Crippen LogP contribution >= 0.6 is 0 Å². The van der Waals surface area contributed by atoms with Gasteiger partial charge in [0.1, 0.15) is 11.5 Å². The molecule has 4 unspecified atom stereocenters. The smallest absolute Gasteiger partial charge is 0.269 e. The maximum atomic E-state index is 14.8. The third-order valence-electron chi connectivity index (χ3n) is 9.13. The maximum Gasteiger partial charge on any atom is 0.269 e. The van der Waals surface area contributed by atoms with Crippen molar-refractivity contribution in [3.8, 4) is 0 Å². The summed E-state index contributed by atoms with van der Waals surface area (Å²) in [6, 6.07) is 25.9. The van der Waals surface area contributed by atoms with Crippen LogP contribution in [0.1, 0.15) is 44.3 Å². The van der Waals surface area contributed by atoms with E-state index < -0.39 is 28.3 Å². The molecule has 1 spiro atoms. The van der Waals surface area contributed by atoms with Crippen molar-refractivity contribution in [1.82, 2.24) is 0 Å². The fourth-order valence-corrected chi connectivity index (χ4v) is 7.20. The lowest BCUT2D eigenvalue weighted by atomic mass is 9.64. The van der Waals surface area contributed by atoms with Crippen molar-refractivity contribution in [3.63, 3.8) is 0 Å². The van der Waals surface area contributed by atoms with Crippen LogP contribution in [0.2, 0.25) is 0 Å². The van der Waals surface area contributed by atoms with Gasteiger partial charge in [-0.2, -0.15) is 0 Å². The summed E-state index contributed by atoms with van der Waals surface area (Å²) in [5.41, 5.74) is 3.93. The van der Waals surface area contributed by atoms with Crippen LogP contribution < -0.4 is 10.2 Å². The van der Waals surface area contributed by atoms with Crippen molar-refractivity contribution in [3.05, 3.63) is 141 Å². The second-order valence-electron chi connectivity index (χ2n) is 11.4. The third kappa shape index (κ3) is 3.72. The zero-order valence-electron chi connectivity index (χ0n) is 23.5. The Bertz CT molecular complexity index is 1880. The predicted molar refractivity (Wildman–Crippen MR) is 163 cm³/mol. The van der Waals surface area contributed by atoms with E-state index in [2.05, 4.69) is 5.32 Å². The van der Waals surface area contributed by atoms with Crippen molar-refractivity contribution in [1.29, 1.82) is 0 Å². The van der Waals surface area contributed by atoms with Crippen molar-refractivity contribution < 1.29 is 19.3 Å². The highest BCUT2D eigenvalue weighted by atomic mass is 16.6. The van der Waals surface area contributed by atoms with Gasteiger partial charge in [-0.25, -0.2) is 0 Å². The van der Waals surface area contributed by atoms with Crippen LogP contribution in [0.25, 0.3) is 5.57 Å². The lowest BCUT2D eigenvalue weighted by Crippen LogP contribution is -2.51. The fourth-order valence-electron chi connectivity index (χ4n) is 7.20. The van der Waals surface area contributed by atoms with E-state index in [1.54, 1.807) is 12.1 Å². The number of fused-ring (bicyclic) bond motifs is 6. The minimum Gasteiger partial charge on any atom is -0.352 e. The molecule has 7 rings (SSSR count). The topological polar surface area (TPSA) is 110 Å². The Morgan fingerprint density at radius 2 is 1.47 bits per heavy atom. The van der Waals surface area contributed by atoms with Crippen molar-refractivity contribution in [2.75, 3.05) is 10.2 Å². The first-order chi connectivity index (χ1) is 20.7. The van der Waals surface area contributed by atoms with E-state index in [1.807, 2.05) is 85.5 Å². The van der Waals surface area contributed by atoms with E-state index in [-0.39, 0.29) is 28.7 Å². The first-order valence-corrected chi connectivity index (χ1v) is 14.1. The lowest BCUT2D eigenvalue weighted by Gasteiger charge is -2.39. The van der Waals surface area contributed by atoms with Crippen molar-refractivity contribution in [2.45, 2.75) is 31.3 Å². The molecule has 4 aromatic carbocycles. The largest absolute Gasteiger partial charge is 0.352 e. The van der Waals surface area contributed by atoms with Crippen LogP contribution in [0.4, 0.5) is 17.1 Å². The number of nitro benzene ring substituents is 1. The van der Waals surface area contributed by atoms with Crippen LogP contribution in [0.3, 0.4) is 0 Å². The molecule has 1 saturated heterocycles. The summed E-state index contributed by atoms with van der Waals surface area (Å²) in [7, 11) is 0. The minimum absolute atomic E-state index is 0.143. The quantitative estimate of drug-likeness (QED) is 0.175. The molecule has 0 saturated carbocycles. The van der Waals surface area contributed by atoms with E-state index in [9.17, 15) is 24.5 Å². The molecule has 3 aliphatic heterocycles. The number of carbonyl (C=O) groups is 3. The number of hydrogen-bond donors (Lipinski definition) is 1. The van der Waals surface area contributed by atoms with Crippen molar-refractivity contribution >= 4 is 40.1 Å². The molecular formula is C35H27N3O5. The molecule has 3 aliphatic rings. The summed E-state index contributed by atoms with van der Waals surface area (Å²) >= 11 is 0. The standard InChI is InChI=1S/C35H27N3O5/c1-20-11-13-22(14-12-20)32(39)30-31(33(40)23-15-17-24(18-16-23)38(42)43)37-28-10-6-3-7-25(28)21(2)19-29(37)35(30)26-8-4-5-9-27(26)36-34(35)41/h3-19,29-31H,1-2H3,(H,36,41). The molecule has 0 bridgehead atoms. The highest BCUT2D eigenvalue weighted by molar-refractivity contribution is 6.18. The summed E-state index contributed by atoms with van der Waals surface area (Å²) in [6.07, 6.45) is 2.00. The molecule has 3 heterocycles. The van der Waals surface area contributed by atoms with Gasteiger partial charge < -0.3 is 10.2 Å². The van der Waals surface area contributed by atoms with Gasteiger partial charge in [-0.05, 0) is 49.2 Å². The second-order valence-corrected chi connectivity index (χ2v) is 11.4. The molecule has 0 radical (unpaired) electrons. The zero-order valence-corrected chi connectivity index (χ0v) is 23.5. The number of nitrogens with one attached hydrogen (secondary N) is 1. The van der Waals surface area contributed by atoms with Gasteiger partial charge in [-0.3, -0.25) is 24.5 Å². The number of nitro groups is 1. The van der Waals surface area contributed by atoms with Gasteiger partial charge in [0.2, 0.25) is 5.91 Å². The predicted octanol–water partition coefficient (Wildman–Crippen LogP) is 6.15. The van der Waals surface area contributed by atoms with E-state index in [0.29, 0.717) is 16.8 Å². The maximum absolute atomic E-state index is 14.8. The number of amides is 1. The van der Waals surface area contributed by atoms with Gasteiger partial charge in [-0.15, -0.1) is 0 Å². The lowest BCUT2D eigenvalue weighted by molar-refractivity contribution is -0.384. The molecule has 1 amide bonds. The summed E-state index contributed by atoms with van der Waals surface area (Å²) < 4.78 is 0. The SMILES string of the molecule is CC1=CC2N(c3ccccc31)C(C(=O)c1ccc([N+](=O)[O-])cc1)C(C(=O)c1ccc(C)cc1)C21C(=O)Nc2ccccc21. The minimum atomic E-state index is -1.42. The summed E-state index contributed by atoms with van der Waals surface area (Å²) in [5, 5.41) is 14.4. The van der Waals surface area contributed by atoms with E-state index in [0.717, 1.165) is 22.4 Å². The number of benzene rings is 4. The molecule has 4 atom stereocenters. The van der Waals surface area contributed by atoms with Crippen LogP contribution in [-0.4, -0.2) is 34.5 Å². The average Bonchev–Trinajstić information content (AvgIpc) is 3.49. The van der Waals surface area contributed by atoms with E-state index >= 15 is 0 Å². The number of carbonyl (C=O) groups excluding carboxylic acids is 3. The van der Waals surface area contributed by atoms with Crippen LogP contribution in [0, 0.1) is 23.0 Å². The molecule has 8 nitrogen and oxygen atoms in total. The first-order valence-electron chi connectivity index (χ1n) is 14.1. The Kier molecular flexibility index (Phi) is 5.92. The molecule has 212 valence electrons. The summed E-state index contributed by atoms with van der Waals surface area (Å²) in [4.78, 5) is 56.8. The van der Waals surface area contributed by atoms with Gasteiger partial charge >= 0.3 is 0 Å². The molecular weight excluding hydrogens is 542 g/mol. The van der Waals surface area contributed by atoms with Crippen LogP contribution in [0.15, 0.2) is 103 Å². The van der Waals surface area contributed by atoms with Gasteiger partial charge in [0, 0.05) is 40.2 Å². The molecule has 8 heteroatoms. The molecule has 1 N–H and O–H groups in total. The Morgan fingerprint density at radius 1 is 0.837 bits per heavy atom. The Labute approximate surface area is 247 Å². The fraction of sp³-hybridized carbons (Fsp3) is 0.171. The van der Waals surface area contributed by atoms with Gasteiger partial charge in [-0.1, -0.05) is 72.3 Å². The summed E-state index contributed by atoms with van der Waals surface area (Å²) in [6.45, 7) is 3.91. The van der Waals surface area contributed by atoms with E-state index in [1.165, 1.54) is 24.3 Å². The number of rotatable bonds is 5. The Balaban J connectivity index is 1.53. The second kappa shape index (κ2) is 9.59. The summed E-state index contributed by atoms with van der Waals surface area (Å²) in [5.74, 6) is -2.15. The molecule has 43 heavy (non-hydrogen) atoms. The Hall–Kier alpha value is -5.37. The average molecular weight is 570 g/mol. The van der Waals surface area contributed by atoms with Gasteiger partial charge in [0.15, 0.2) is 11.6 Å². The number of non-ortho nitro benzene ring substituents is 1. The number of nitrogens with zero attached hydrogens (tertiary/aromatic N) is 2. The number of allylic oxidation sites excluding steroid dienone is 1. The Morgan fingerprint density at radius 3 is 2.19 bits per heavy atom. The number of para-hydroxylation sites is 2. The first kappa shape index (κ1) is 26.5. The number of hydrogen-bond acceptors (Lipinski definition) is 6. The molecule has 0 aromatic heterocycles. The molecule has 1 fully saturated rings. The monoisotopic (exact) mass is 569 g/mol. The number of ketones is 2. The highest BCUT2D eigenvalue weighted by Crippen LogP contribution is 2.58. The number of aryl methyl sites for hydroxylation is 1. The normalized spacial score (nSPS) is 23.2. The number of anilines is 2. The third-order valence-corrected chi connectivity index (χ3v) is 9.13. The number of Topliss-reactive ketones (excluding diaryl/α,β-unsaturated/α-hetero) is 2.